The predicted octanol–water partition coefficient (Wildman–Crippen LogP) is 2.75. The first-order chi connectivity index (χ1) is 9.93. The van der Waals surface area contributed by atoms with Crippen LogP contribution < -0.4 is 10.1 Å². The zero-order chi connectivity index (χ0) is 15.6. The summed E-state index contributed by atoms with van der Waals surface area (Å²) in [4.78, 5) is 24.2. The maximum Gasteiger partial charge on any atom is 0.328 e. The minimum atomic E-state index is -0.446. The van der Waals surface area contributed by atoms with E-state index in [-0.39, 0.29) is 18.2 Å². The molecule has 7 heteroatoms. The highest BCUT2D eigenvalue weighted by atomic mass is 79.9. The molecule has 0 atom stereocenters. The Bertz CT molecular complexity index is 669. The molecule has 2 rings (SSSR count). The lowest BCUT2D eigenvalue weighted by molar-refractivity contribution is -0.121. The highest BCUT2D eigenvalue weighted by molar-refractivity contribution is 9.11. The molecule has 108 valence electrons. The van der Waals surface area contributed by atoms with E-state index in [4.69, 9.17) is 11.2 Å². The van der Waals surface area contributed by atoms with Crippen molar-refractivity contribution >= 4 is 49.9 Å². The quantitative estimate of drug-likeness (QED) is 0.471. The Morgan fingerprint density at radius 3 is 2.48 bits per heavy atom. The first-order valence-electron chi connectivity index (χ1n) is 5.80. The predicted molar refractivity (Wildman–Crippen MR) is 85.4 cm³/mol. The van der Waals surface area contributed by atoms with Crippen LogP contribution in [0.25, 0.3) is 6.08 Å². The average Bonchev–Trinajstić information content (AvgIpc) is 2.65. The van der Waals surface area contributed by atoms with Gasteiger partial charge in [-0.15, -0.1) is 6.42 Å². The van der Waals surface area contributed by atoms with Gasteiger partial charge < -0.3 is 10.1 Å². The smallest absolute Gasteiger partial charge is 0.328 e. The fraction of sp³-hybridized carbons (Fsp3) is 0.143. The molecule has 1 fully saturated rings. The van der Waals surface area contributed by atoms with Gasteiger partial charge in [0.25, 0.3) is 5.91 Å². The molecule has 0 aromatic heterocycles. The van der Waals surface area contributed by atoms with E-state index in [0.29, 0.717) is 14.7 Å². The van der Waals surface area contributed by atoms with E-state index in [0.717, 1.165) is 10.5 Å². The Labute approximate surface area is 138 Å². The Morgan fingerprint density at radius 1 is 1.38 bits per heavy atom. The molecule has 0 bridgehead atoms. The first-order valence-corrected chi connectivity index (χ1v) is 7.38. The molecule has 0 unspecified atom stereocenters. The molecule has 21 heavy (non-hydrogen) atoms. The Hall–Kier alpha value is -1.78. The molecule has 5 nitrogen and oxygen atoms in total. The lowest BCUT2D eigenvalue weighted by Crippen LogP contribution is -2.25. The summed E-state index contributed by atoms with van der Waals surface area (Å²) in [6.07, 6.45) is 6.75. The van der Waals surface area contributed by atoms with Crippen LogP contribution in [0.1, 0.15) is 5.56 Å². The monoisotopic (exact) mass is 412 g/mol. The second-order valence-electron chi connectivity index (χ2n) is 4.16. The van der Waals surface area contributed by atoms with Crippen molar-refractivity contribution in [1.29, 1.82) is 0 Å². The first kappa shape index (κ1) is 15.6. The highest BCUT2D eigenvalue weighted by Gasteiger charge is 2.30. The average molecular weight is 414 g/mol. The summed E-state index contributed by atoms with van der Waals surface area (Å²) in [6.45, 7) is 0.150. The third-order valence-corrected chi connectivity index (χ3v) is 3.89. The molecular weight excluding hydrogens is 404 g/mol. The van der Waals surface area contributed by atoms with E-state index in [1.54, 1.807) is 18.2 Å². The van der Waals surface area contributed by atoms with Crippen molar-refractivity contribution in [2.75, 3.05) is 13.7 Å². The van der Waals surface area contributed by atoms with Gasteiger partial charge in [0.05, 0.1) is 8.95 Å². The summed E-state index contributed by atoms with van der Waals surface area (Å²) in [5, 5.41) is 2.50. The molecule has 1 saturated heterocycles. The number of ether oxygens (including phenoxy) is 1. The van der Waals surface area contributed by atoms with Crippen LogP contribution in [0.2, 0.25) is 0 Å². The summed E-state index contributed by atoms with van der Waals surface area (Å²) in [7, 11) is 1.42. The molecule has 1 aromatic carbocycles. The van der Waals surface area contributed by atoms with Gasteiger partial charge >= 0.3 is 6.03 Å². The zero-order valence-corrected chi connectivity index (χ0v) is 14.1. The third-order valence-electron chi connectivity index (χ3n) is 2.71. The van der Waals surface area contributed by atoms with E-state index in [1.165, 1.54) is 7.05 Å². The molecule has 1 aliphatic heterocycles. The fourth-order valence-corrected chi connectivity index (χ4v) is 3.16. The molecule has 0 saturated carbocycles. The van der Waals surface area contributed by atoms with Crippen LogP contribution in [0.4, 0.5) is 4.79 Å². The van der Waals surface area contributed by atoms with Crippen molar-refractivity contribution in [1.82, 2.24) is 10.2 Å². The minimum Gasteiger partial charge on any atom is -0.479 e. The minimum absolute atomic E-state index is 0.150. The second-order valence-corrected chi connectivity index (χ2v) is 5.87. The van der Waals surface area contributed by atoms with Crippen molar-refractivity contribution in [3.63, 3.8) is 0 Å². The highest BCUT2D eigenvalue weighted by Crippen LogP contribution is 2.35. The number of halogens is 2. The van der Waals surface area contributed by atoms with E-state index in [2.05, 4.69) is 43.1 Å². The molecule has 1 N–H and O–H groups in total. The summed E-state index contributed by atoms with van der Waals surface area (Å²) in [6, 6.07) is 3.08. The number of urea groups is 1. The number of rotatable bonds is 3. The summed E-state index contributed by atoms with van der Waals surface area (Å²) in [5.74, 6) is 2.59. The van der Waals surface area contributed by atoms with Crippen molar-refractivity contribution in [2.45, 2.75) is 0 Å². The number of carbonyl (C=O) groups excluding carboxylic acids is 2. The normalized spacial score (nSPS) is 16.1. The topological polar surface area (TPSA) is 58.6 Å². The van der Waals surface area contributed by atoms with Gasteiger partial charge in [-0.05, 0) is 55.6 Å². The lowest BCUT2D eigenvalue weighted by atomic mass is 10.2. The number of carbonyl (C=O) groups is 2. The Balaban J connectivity index is 2.33. The van der Waals surface area contributed by atoms with Gasteiger partial charge in [0, 0.05) is 7.05 Å². The standard InChI is InChI=1S/C14H10Br2N2O3/c1-3-4-21-12-9(15)5-8(6-10(12)16)7-11-13(19)18(2)14(20)17-11/h1,5-7H,4H2,2H3,(H,17,20)/b11-7+. The van der Waals surface area contributed by atoms with Gasteiger partial charge in [-0.1, -0.05) is 5.92 Å². The van der Waals surface area contributed by atoms with Crippen molar-refractivity contribution in [3.8, 4) is 18.1 Å². The van der Waals surface area contributed by atoms with Crippen molar-refractivity contribution in [3.05, 3.63) is 32.3 Å². The van der Waals surface area contributed by atoms with Crippen molar-refractivity contribution < 1.29 is 14.3 Å². The van der Waals surface area contributed by atoms with Gasteiger partial charge in [-0.2, -0.15) is 0 Å². The molecule has 3 amide bonds. The SMILES string of the molecule is C#CCOc1c(Br)cc(/C=C2/NC(=O)N(C)C2=O)cc1Br. The van der Waals surface area contributed by atoms with Crippen LogP contribution in [-0.4, -0.2) is 30.5 Å². The van der Waals surface area contributed by atoms with Gasteiger partial charge in [0.15, 0.2) is 0 Å². The third kappa shape index (κ3) is 3.28. The van der Waals surface area contributed by atoms with Gasteiger partial charge in [-0.25, -0.2) is 4.79 Å². The van der Waals surface area contributed by atoms with Crippen LogP contribution >= 0.6 is 31.9 Å². The number of imide groups is 1. The summed E-state index contributed by atoms with van der Waals surface area (Å²) >= 11 is 6.76. The largest absolute Gasteiger partial charge is 0.479 e. The number of nitrogens with zero attached hydrogens (tertiary/aromatic N) is 1. The van der Waals surface area contributed by atoms with Crippen LogP contribution in [0.15, 0.2) is 26.8 Å². The Kier molecular flexibility index (Phi) is 4.70. The number of terminal acetylenes is 1. The zero-order valence-electron chi connectivity index (χ0n) is 10.9. The van der Waals surface area contributed by atoms with Gasteiger partial charge in [0.2, 0.25) is 0 Å². The van der Waals surface area contributed by atoms with E-state index >= 15 is 0 Å². The van der Waals surface area contributed by atoms with E-state index < -0.39 is 6.03 Å². The number of likely N-dealkylation sites (N-methyl/N-ethyl adjacent to an activating group) is 1. The molecule has 1 aliphatic rings. The molecular formula is C14H10Br2N2O3. The fourth-order valence-electron chi connectivity index (χ4n) is 1.70. The number of nitrogens with one attached hydrogen (secondary N) is 1. The van der Waals surface area contributed by atoms with E-state index in [9.17, 15) is 9.59 Å². The maximum atomic E-state index is 11.8. The van der Waals surface area contributed by atoms with Crippen LogP contribution in [0.5, 0.6) is 5.75 Å². The molecule has 0 aliphatic carbocycles. The number of hydrogen-bond donors (Lipinski definition) is 1. The number of amides is 3. The van der Waals surface area contributed by atoms with Crippen LogP contribution in [0.3, 0.4) is 0 Å². The molecule has 1 heterocycles. The Morgan fingerprint density at radius 2 is 2.00 bits per heavy atom. The molecule has 0 radical (unpaired) electrons. The number of hydrogen-bond acceptors (Lipinski definition) is 3. The summed E-state index contributed by atoms with van der Waals surface area (Å²) in [5.41, 5.74) is 0.944. The van der Waals surface area contributed by atoms with Gasteiger partial charge in [-0.3, -0.25) is 9.69 Å². The summed E-state index contributed by atoms with van der Waals surface area (Å²) < 4.78 is 6.77. The molecule has 1 aromatic rings. The van der Waals surface area contributed by atoms with E-state index in [1.807, 2.05) is 0 Å². The maximum absolute atomic E-state index is 11.8. The molecule has 0 spiro atoms. The van der Waals surface area contributed by atoms with Crippen LogP contribution in [0, 0.1) is 12.3 Å². The number of benzene rings is 1. The second kappa shape index (κ2) is 6.33. The van der Waals surface area contributed by atoms with Crippen molar-refractivity contribution in [2.24, 2.45) is 0 Å². The van der Waals surface area contributed by atoms with Crippen LogP contribution in [-0.2, 0) is 4.79 Å². The lowest BCUT2D eigenvalue weighted by Gasteiger charge is -2.09. The van der Waals surface area contributed by atoms with Gasteiger partial charge in [0.1, 0.15) is 18.1 Å².